The SMILES string of the molecule is C=CCCOCCN1CC2CCCCN2CC1C(C)C. The fourth-order valence-electron chi connectivity index (χ4n) is 3.61. The van der Waals surface area contributed by atoms with Crippen LogP contribution in [0.1, 0.15) is 39.5 Å². The van der Waals surface area contributed by atoms with E-state index in [-0.39, 0.29) is 0 Å². The molecule has 2 fully saturated rings. The summed E-state index contributed by atoms with van der Waals surface area (Å²) in [6, 6.07) is 1.50. The van der Waals surface area contributed by atoms with E-state index >= 15 is 0 Å². The summed E-state index contributed by atoms with van der Waals surface area (Å²) in [5.41, 5.74) is 0. The van der Waals surface area contributed by atoms with Gasteiger partial charge in [0.05, 0.1) is 13.2 Å². The summed E-state index contributed by atoms with van der Waals surface area (Å²) in [7, 11) is 0. The molecule has 3 heteroatoms. The molecule has 2 atom stereocenters. The molecule has 2 heterocycles. The van der Waals surface area contributed by atoms with Crippen molar-refractivity contribution in [1.82, 2.24) is 9.80 Å². The summed E-state index contributed by atoms with van der Waals surface area (Å²) in [5.74, 6) is 0.728. The highest BCUT2D eigenvalue weighted by Gasteiger charge is 2.35. The van der Waals surface area contributed by atoms with Gasteiger partial charge in [-0.1, -0.05) is 26.3 Å². The topological polar surface area (TPSA) is 15.7 Å². The summed E-state index contributed by atoms with van der Waals surface area (Å²) in [4.78, 5) is 5.42. The van der Waals surface area contributed by atoms with Crippen molar-refractivity contribution >= 4 is 0 Å². The molecule has 2 saturated heterocycles. The Morgan fingerprint density at radius 2 is 2.10 bits per heavy atom. The van der Waals surface area contributed by atoms with Crippen LogP contribution in [0.25, 0.3) is 0 Å². The van der Waals surface area contributed by atoms with Crippen LogP contribution in [0, 0.1) is 5.92 Å². The van der Waals surface area contributed by atoms with Crippen LogP contribution in [0.2, 0.25) is 0 Å². The molecule has 0 spiro atoms. The molecule has 2 rings (SSSR count). The third kappa shape index (κ3) is 4.31. The average Bonchev–Trinajstić information content (AvgIpc) is 2.46. The van der Waals surface area contributed by atoms with E-state index in [0.717, 1.165) is 38.1 Å². The van der Waals surface area contributed by atoms with Crippen LogP contribution in [-0.2, 0) is 4.74 Å². The molecule has 116 valence electrons. The van der Waals surface area contributed by atoms with Gasteiger partial charge in [0.1, 0.15) is 0 Å². The molecule has 0 N–H and O–H groups in total. The van der Waals surface area contributed by atoms with Gasteiger partial charge in [0.25, 0.3) is 0 Å². The molecule has 2 aliphatic rings. The lowest BCUT2D eigenvalue weighted by molar-refractivity contribution is -0.0205. The molecule has 0 aromatic rings. The van der Waals surface area contributed by atoms with Crippen LogP contribution in [0.4, 0.5) is 0 Å². The van der Waals surface area contributed by atoms with E-state index in [9.17, 15) is 0 Å². The zero-order valence-corrected chi connectivity index (χ0v) is 13.4. The van der Waals surface area contributed by atoms with Crippen molar-refractivity contribution in [1.29, 1.82) is 0 Å². The van der Waals surface area contributed by atoms with Crippen LogP contribution < -0.4 is 0 Å². The van der Waals surface area contributed by atoms with Gasteiger partial charge in [0.2, 0.25) is 0 Å². The molecule has 0 saturated carbocycles. The first kappa shape index (κ1) is 16.0. The predicted molar refractivity (Wildman–Crippen MR) is 85.0 cm³/mol. The Hall–Kier alpha value is -0.380. The lowest BCUT2D eigenvalue weighted by Crippen LogP contribution is -2.61. The molecule has 20 heavy (non-hydrogen) atoms. The zero-order chi connectivity index (χ0) is 14.4. The molecule has 0 aromatic carbocycles. The second-order valence-electron chi connectivity index (χ2n) is 6.64. The minimum Gasteiger partial charge on any atom is -0.380 e. The molecule has 2 unspecified atom stereocenters. The van der Waals surface area contributed by atoms with E-state index in [1.54, 1.807) is 0 Å². The van der Waals surface area contributed by atoms with Crippen molar-refractivity contribution in [2.75, 3.05) is 39.4 Å². The number of rotatable bonds is 7. The van der Waals surface area contributed by atoms with Crippen LogP contribution in [0.5, 0.6) is 0 Å². The van der Waals surface area contributed by atoms with E-state index in [2.05, 4.69) is 30.2 Å². The monoisotopic (exact) mass is 280 g/mol. The number of piperidine rings is 1. The van der Waals surface area contributed by atoms with Crippen LogP contribution in [-0.4, -0.2) is 61.3 Å². The van der Waals surface area contributed by atoms with Crippen molar-refractivity contribution in [2.45, 2.75) is 51.6 Å². The smallest absolute Gasteiger partial charge is 0.0593 e. The van der Waals surface area contributed by atoms with Crippen LogP contribution in [0.15, 0.2) is 12.7 Å². The van der Waals surface area contributed by atoms with Crippen molar-refractivity contribution < 1.29 is 4.74 Å². The number of fused-ring (bicyclic) bond motifs is 1. The number of piperazine rings is 1. The molecule has 3 nitrogen and oxygen atoms in total. The molecule has 0 amide bonds. The third-order valence-electron chi connectivity index (χ3n) is 4.84. The minimum atomic E-state index is 0.701. The van der Waals surface area contributed by atoms with Gasteiger partial charge in [-0.3, -0.25) is 9.80 Å². The summed E-state index contributed by atoms with van der Waals surface area (Å²) < 4.78 is 5.71. The fraction of sp³-hybridized carbons (Fsp3) is 0.882. The quantitative estimate of drug-likeness (QED) is 0.527. The maximum atomic E-state index is 5.71. The van der Waals surface area contributed by atoms with Gasteiger partial charge >= 0.3 is 0 Å². The Morgan fingerprint density at radius 1 is 1.25 bits per heavy atom. The zero-order valence-electron chi connectivity index (χ0n) is 13.4. The summed E-state index contributed by atoms with van der Waals surface area (Å²) in [6.07, 6.45) is 7.09. The van der Waals surface area contributed by atoms with Gasteiger partial charge < -0.3 is 4.74 Å². The Balaban J connectivity index is 1.82. The fourth-order valence-corrected chi connectivity index (χ4v) is 3.61. The maximum absolute atomic E-state index is 5.71. The van der Waals surface area contributed by atoms with Gasteiger partial charge in [0.15, 0.2) is 0 Å². The van der Waals surface area contributed by atoms with Crippen LogP contribution >= 0.6 is 0 Å². The first-order valence-corrected chi connectivity index (χ1v) is 8.39. The number of nitrogens with zero attached hydrogens (tertiary/aromatic N) is 2. The molecule has 0 aliphatic carbocycles. The van der Waals surface area contributed by atoms with Gasteiger partial charge in [-0.15, -0.1) is 6.58 Å². The number of hydrogen-bond acceptors (Lipinski definition) is 3. The first-order valence-electron chi connectivity index (χ1n) is 8.39. The number of hydrogen-bond donors (Lipinski definition) is 0. The van der Waals surface area contributed by atoms with Gasteiger partial charge in [0, 0.05) is 31.7 Å². The Morgan fingerprint density at radius 3 is 2.85 bits per heavy atom. The van der Waals surface area contributed by atoms with E-state index in [4.69, 9.17) is 4.74 Å². The van der Waals surface area contributed by atoms with Crippen molar-refractivity contribution in [3.05, 3.63) is 12.7 Å². The second kappa shape index (κ2) is 8.16. The molecule has 2 aliphatic heterocycles. The summed E-state index contributed by atoms with van der Waals surface area (Å²) in [6.45, 7) is 15.0. The molecule has 0 bridgehead atoms. The van der Waals surface area contributed by atoms with Gasteiger partial charge in [-0.2, -0.15) is 0 Å². The Kier molecular flexibility index (Phi) is 6.53. The van der Waals surface area contributed by atoms with E-state index in [1.807, 2.05) is 6.08 Å². The maximum Gasteiger partial charge on any atom is 0.0593 e. The highest BCUT2D eigenvalue weighted by atomic mass is 16.5. The molecular weight excluding hydrogens is 248 g/mol. The second-order valence-corrected chi connectivity index (χ2v) is 6.64. The van der Waals surface area contributed by atoms with Crippen molar-refractivity contribution in [3.63, 3.8) is 0 Å². The highest BCUT2D eigenvalue weighted by Crippen LogP contribution is 2.26. The highest BCUT2D eigenvalue weighted by molar-refractivity contribution is 4.91. The van der Waals surface area contributed by atoms with Crippen LogP contribution in [0.3, 0.4) is 0 Å². The molecular formula is C17H32N2O. The largest absolute Gasteiger partial charge is 0.380 e. The standard InChI is InChI=1S/C17H32N2O/c1-4-5-11-20-12-10-19-13-16-8-6-7-9-18(16)14-17(19)15(2)3/h4,15-17H,1,5-14H2,2-3H3. The van der Waals surface area contributed by atoms with Gasteiger partial charge in [-0.25, -0.2) is 0 Å². The summed E-state index contributed by atoms with van der Waals surface area (Å²) >= 11 is 0. The third-order valence-corrected chi connectivity index (χ3v) is 4.84. The van der Waals surface area contributed by atoms with Gasteiger partial charge in [-0.05, 0) is 31.7 Å². The summed E-state index contributed by atoms with van der Waals surface area (Å²) in [5, 5.41) is 0. The predicted octanol–water partition coefficient (Wildman–Crippen LogP) is 2.77. The first-order chi connectivity index (χ1) is 9.72. The van der Waals surface area contributed by atoms with Crippen molar-refractivity contribution in [2.24, 2.45) is 5.92 Å². The average molecular weight is 280 g/mol. The number of ether oxygens (including phenoxy) is 1. The molecule has 0 aromatic heterocycles. The van der Waals surface area contributed by atoms with Crippen molar-refractivity contribution in [3.8, 4) is 0 Å². The molecule has 0 radical (unpaired) electrons. The Labute approximate surface area is 125 Å². The normalized spacial score (nSPS) is 28.6. The minimum absolute atomic E-state index is 0.701. The lowest BCUT2D eigenvalue weighted by atomic mass is 9.92. The van der Waals surface area contributed by atoms with E-state index < -0.39 is 0 Å². The lowest BCUT2D eigenvalue weighted by Gasteiger charge is -2.49. The Bertz CT molecular complexity index is 293. The van der Waals surface area contributed by atoms with E-state index in [1.165, 1.54) is 38.9 Å². The van der Waals surface area contributed by atoms with E-state index in [0.29, 0.717) is 6.04 Å².